The quantitative estimate of drug-likeness (QED) is 0.806. The molecule has 0 aliphatic heterocycles. The van der Waals surface area contributed by atoms with Gasteiger partial charge in [-0.15, -0.1) is 0 Å². The highest BCUT2D eigenvalue weighted by Gasteiger charge is 2.16. The van der Waals surface area contributed by atoms with E-state index in [1.54, 1.807) is 48.7 Å². The van der Waals surface area contributed by atoms with Crippen LogP contribution in [-0.4, -0.2) is 13.4 Å². The molecule has 5 nitrogen and oxygen atoms in total. The molecule has 0 radical (unpaired) electrons. The zero-order chi connectivity index (χ0) is 15.6. The summed E-state index contributed by atoms with van der Waals surface area (Å²) >= 11 is 0. The molecule has 0 aliphatic carbocycles. The Morgan fingerprint density at radius 3 is 2.50 bits per heavy atom. The molecule has 0 spiro atoms. The van der Waals surface area contributed by atoms with E-state index in [1.165, 1.54) is 12.1 Å². The topological polar surface area (TPSA) is 82.9 Å². The van der Waals surface area contributed by atoms with Crippen LogP contribution in [0.5, 0.6) is 0 Å². The molecule has 0 aliphatic rings. The molecule has 3 aromatic rings. The molecule has 3 rings (SSSR count). The van der Waals surface area contributed by atoms with Crippen molar-refractivity contribution in [3.63, 3.8) is 0 Å². The van der Waals surface area contributed by atoms with E-state index >= 15 is 0 Å². The highest BCUT2D eigenvalue weighted by atomic mass is 32.2. The van der Waals surface area contributed by atoms with Crippen molar-refractivity contribution in [2.75, 3.05) is 4.72 Å². The zero-order valence-electron chi connectivity index (χ0n) is 11.4. The molecule has 0 saturated heterocycles. The summed E-state index contributed by atoms with van der Waals surface area (Å²) in [6.45, 7) is 0. The lowest BCUT2D eigenvalue weighted by atomic mass is 10.1. The van der Waals surface area contributed by atoms with E-state index in [4.69, 9.17) is 5.26 Å². The first kappa shape index (κ1) is 14.0. The van der Waals surface area contributed by atoms with Crippen molar-refractivity contribution in [3.8, 4) is 6.07 Å². The van der Waals surface area contributed by atoms with Gasteiger partial charge in [0.15, 0.2) is 0 Å². The smallest absolute Gasteiger partial charge is 0.261 e. The second-order valence-corrected chi connectivity index (χ2v) is 6.27. The van der Waals surface area contributed by atoms with Crippen LogP contribution in [0.4, 0.5) is 5.69 Å². The number of anilines is 1. The number of hydrogen-bond donors (Lipinski definition) is 1. The minimum absolute atomic E-state index is 0.170. The van der Waals surface area contributed by atoms with Crippen LogP contribution in [0, 0.1) is 11.3 Å². The fraction of sp³-hybridized carbons (Fsp3) is 0. The minimum Gasteiger partial charge on any atom is -0.277 e. The van der Waals surface area contributed by atoms with E-state index in [2.05, 4.69) is 15.8 Å². The lowest BCUT2D eigenvalue weighted by Crippen LogP contribution is -2.13. The van der Waals surface area contributed by atoms with Crippen molar-refractivity contribution in [2.24, 2.45) is 0 Å². The van der Waals surface area contributed by atoms with Crippen molar-refractivity contribution in [1.82, 2.24) is 4.98 Å². The van der Waals surface area contributed by atoms with Gasteiger partial charge in [-0.3, -0.25) is 9.71 Å². The Morgan fingerprint density at radius 2 is 1.77 bits per heavy atom. The Labute approximate surface area is 127 Å². The maximum absolute atomic E-state index is 12.4. The molecule has 0 unspecified atom stereocenters. The van der Waals surface area contributed by atoms with Crippen LogP contribution in [-0.2, 0) is 10.0 Å². The van der Waals surface area contributed by atoms with Gasteiger partial charge in [0.25, 0.3) is 10.0 Å². The van der Waals surface area contributed by atoms with Gasteiger partial charge in [0.05, 0.1) is 27.7 Å². The average Bonchev–Trinajstić information content (AvgIpc) is 2.56. The van der Waals surface area contributed by atoms with Crippen molar-refractivity contribution < 1.29 is 8.42 Å². The van der Waals surface area contributed by atoms with Gasteiger partial charge >= 0.3 is 0 Å². The monoisotopic (exact) mass is 309 g/mol. The number of nitrogens with zero attached hydrogens (tertiary/aromatic N) is 2. The molecule has 0 bridgehead atoms. The fourth-order valence-corrected chi connectivity index (χ4v) is 3.24. The fourth-order valence-electron chi connectivity index (χ4n) is 2.16. The number of rotatable bonds is 3. The maximum Gasteiger partial charge on any atom is 0.261 e. The van der Waals surface area contributed by atoms with Crippen molar-refractivity contribution in [2.45, 2.75) is 4.90 Å². The molecule has 22 heavy (non-hydrogen) atoms. The van der Waals surface area contributed by atoms with Gasteiger partial charge in [0.1, 0.15) is 0 Å². The van der Waals surface area contributed by atoms with Gasteiger partial charge in [-0.1, -0.05) is 18.2 Å². The van der Waals surface area contributed by atoms with Gasteiger partial charge in [0, 0.05) is 11.6 Å². The normalized spacial score (nSPS) is 11.0. The number of aromatic nitrogens is 1. The summed E-state index contributed by atoms with van der Waals surface area (Å²) in [5, 5.41) is 9.73. The Bertz CT molecular complexity index is 977. The molecule has 108 valence electrons. The predicted octanol–water partition coefficient (Wildman–Crippen LogP) is 2.91. The number of nitriles is 1. The number of hydrogen-bond acceptors (Lipinski definition) is 4. The minimum atomic E-state index is -3.70. The number of benzene rings is 2. The molecule has 1 N–H and O–H groups in total. The maximum atomic E-state index is 12.4. The van der Waals surface area contributed by atoms with Crippen molar-refractivity contribution >= 4 is 26.6 Å². The number of fused-ring (bicyclic) bond motifs is 1. The van der Waals surface area contributed by atoms with Crippen LogP contribution in [0.15, 0.2) is 65.7 Å². The molecule has 1 heterocycles. The third-order valence-electron chi connectivity index (χ3n) is 3.19. The summed E-state index contributed by atoms with van der Waals surface area (Å²) in [6, 6.07) is 16.7. The molecule has 1 aromatic heterocycles. The van der Waals surface area contributed by atoms with Gasteiger partial charge in [-0.2, -0.15) is 5.26 Å². The third kappa shape index (κ3) is 2.50. The van der Waals surface area contributed by atoms with Crippen LogP contribution in [0.2, 0.25) is 0 Å². The second-order valence-electron chi connectivity index (χ2n) is 4.59. The van der Waals surface area contributed by atoms with E-state index in [9.17, 15) is 8.42 Å². The van der Waals surface area contributed by atoms with Crippen LogP contribution >= 0.6 is 0 Å². The Morgan fingerprint density at radius 1 is 1.00 bits per heavy atom. The molecular weight excluding hydrogens is 298 g/mol. The highest BCUT2D eigenvalue weighted by molar-refractivity contribution is 7.92. The third-order valence-corrected chi connectivity index (χ3v) is 4.57. The van der Waals surface area contributed by atoms with Crippen LogP contribution < -0.4 is 4.72 Å². The first-order chi connectivity index (χ1) is 10.6. The second kappa shape index (κ2) is 5.47. The Balaban J connectivity index is 2.11. The van der Waals surface area contributed by atoms with E-state index in [-0.39, 0.29) is 4.90 Å². The molecule has 0 atom stereocenters. The largest absolute Gasteiger partial charge is 0.277 e. The lowest BCUT2D eigenvalue weighted by molar-refractivity contribution is 0.601. The predicted molar refractivity (Wildman–Crippen MR) is 83.7 cm³/mol. The molecular formula is C16H11N3O2S. The molecule has 6 heteroatoms. The number of nitrogens with one attached hydrogen (secondary N) is 1. The first-order valence-electron chi connectivity index (χ1n) is 6.47. The SMILES string of the molecule is N#Cc1ccc(NS(=O)(=O)c2ccccc2)c2ncccc12. The Hall–Kier alpha value is -2.91. The Kier molecular flexibility index (Phi) is 3.49. The number of pyridine rings is 1. The van der Waals surface area contributed by atoms with E-state index in [0.717, 1.165) is 0 Å². The summed E-state index contributed by atoms with van der Waals surface area (Å²) in [5.74, 6) is 0. The van der Waals surface area contributed by atoms with Gasteiger partial charge in [0.2, 0.25) is 0 Å². The van der Waals surface area contributed by atoms with E-state index in [0.29, 0.717) is 22.2 Å². The zero-order valence-corrected chi connectivity index (χ0v) is 12.2. The number of sulfonamides is 1. The van der Waals surface area contributed by atoms with E-state index in [1.807, 2.05) is 0 Å². The summed E-state index contributed by atoms with van der Waals surface area (Å²) < 4.78 is 27.3. The molecule has 0 amide bonds. The van der Waals surface area contributed by atoms with E-state index < -0.39 is 10.0 Å². The van der Waals surface area contributed by atoms with Crippen LogP contribution in [0.1, 0.15) is 5.56 Å². The highest BCUT2D eigenvalue weighted by Crippen LogP contribution is 2.26. The molecule has 0 fully saturated rings. The van der Waals surface area contributed by atoms with Crippen LogP contribution in [0.25, 0.3) is 10.9 Å². The lowest BCUT2D eigenvalue weighted by Gasteiger charge is -2.10. The summed E-state index contributed by atoms with van der Waals surface area (Å²) in [5.41, 5.74) is 1.24. The average molecular weight is 309 g/mol. The molecule has 0 saturated carbocycles. The summed E-state index contributed by atoms with van der Waals surface area (Å²) in [6.07, 6.45) is 1.56. The van der Waals surface area contributed by atoms with Gasteiger partial charge in [-0.25, -0.2) is 8.42 Å². The molecule has 2 aromatic carbocycles. The summed E-state index contributed by atoms with van der Waals surface area (Å²) in [7, 11) is -3.70. The first-order valence-corrected chi connectivity index (χ1v) is 7.96. The van der Waals surface area contributed by atoms with Crippen LogP contribution in [0.3, 0.4) is 0 Å². The van der Waals surface area contributed by atoms with Crippen molar-refractivity contribution in [1.29, 1.82) is 5.26 Å². The standard InChI is InChI=1S/C16H11N3O2S/c17-11-12-8-9-15(16-14(12)7-4-10-18-16)19-22(20,21)13-5-2-1-3-6-13/h1-10,19H. The summed E-state index contributed by atoms with van der Waals surface area (Å²) in [4.78, 5) is 4.36. The van der Waals surface area contributed by atoms with Crippen molar-refractivity contribution in [3.05, 3.63) is 66.4 Å². The van der Waals surface area contributed by atoms with Gasteiger partial charge < -0.3 is 0 Å². The van der Waals surface area contributed by atoms with Gasteiger partial charge in [-0.05, 0) is 36.4 Å².